The molecule has 20 heavy (non-hydrogen) atoms. The predicted molar refractivity (Wildman–Crippen MR) is 86.9 cm³/mol. The summed E-state index contributed by atoms with van der Waals surface area (Å²) in [6.07, 6.45) is 11.6. The Bertz CT molecular complexity index is 293. The molecule has 0 N–H and O–H groups in total. The van der Waals surface area contributed by atoms with Crippen LogP contribution in [0.5, 0.6) is 0 Å². The summed E-state index contributed by atoms with van der Waals surface area (Å²) in [5.41, 5.74) is 0.831. The van der Waals surface area contributed by atoms with E-state index in [1.165, 1.54) is 51.4 Å². The van der Waals surface area contributed by atoms with E-state index in [2.05, 4.69) is 34.6 Å². The molecule has 2 fully saturated rings. The highest BCUT2D eigenvalue weighted by atomic mass is 16.5. The van der Waals surface area contributed by atoms with E-state index < -0.39 is 0 Å². The van der Waals surface area contributed by atoms with E-state index >= 15 is 0 Å². The second-order valence-electron chi connectivity index (χ2n) is 9.13. The van der Waals surface area contributed by atoms with E-state index in [4.69, 9.17) is 4.74 Å². The normalized spacial score (nSPS) is 29.9. The smallest absolute Gasteiger partial charge is 0.0578 e. The van der Waals surface area contributed by atoms with Gasteiger partial charge in [-0.3, -0.25) is 0 Å². The predicted octanol–water partition coefficient (Wildman–Crippen LogP) is 5.82. The molecule has 0 aliphatic heterocycles. The molecule has 2 rings (SSSR count). The van der Waals surface area contributed by atoms with Crippen LogP contribution in [-0.2, 0) is 4.74 Å². The zero-order chi connectivity index (χ0) is 14.8. The van der Waals surface area contributed by atoms with Crippen LogP contribution >= 0.6 is 0 Å². The molecule has 2 atom stereocenters. The van der Waals surface area contributed by atoms with E-state index in [0.29, 0.717) is 16.9 Å². The van der Waals surface area contributed by atoms with Crippen LogP contribution in [0.4, 0.5) is 0 Å². The maximum Gasteiger partial charge on any atom is 0.0578 e. The Morgan fingerprint density at radius 1 is 0.800 bits per heavy atom. The summed E-state index contributed by atoms with van der Waals surface area (Å²) in [5, 5.41) is 0. The van der Waals surface area contributed by atoms with E-state index in [1.807, 2.05) is 0 Å². The average Bonchev–Trinajstić information content (AvgIpc) is 2.86. The van der Waals surface area contributed by atoms with Gasteiger partial charge in [-0.05, 0) is 54.8 Å². The Kier molecular flexibility index (Phi) is 5.21. The lowest BCUT2D eigenvalue weighted by atomic mass is 9.71. The third-order valence-electron chi connectivity index (χ3n) is 6.01. The van der Waals surface area contributed by atoms with Gasteiger partial charge in [-0.15, -0.1) is 0 Å². The molecule has 0 aromatic carbocycles. The molecule has 2 saturated carbocycles. The first-order chi connectivity index (χ1) is 9.29. The maximum absolute atomic E-state index is 6.35. The highest BCUT2D eigenvalue weighted by Crippen LogP contribution is 2.42. The summed E-state index contributed by atoms with van der Waals surface area (Å²) in [7, 11) is 0. The lowest BCUT2D eigenvalue weighted by Crippen LogP contribution is -2.32. The molecule has 1 heteroatoms. The molecule has 2 unspecified atom stereocenters. The van der Waals surface area contributed by atoms with Gasteiger partial charge in [0.05, 0.1) is 12.7 Å². The van der Waals surface area contributed by atoms with Gasteiger partial charge in [0.25, 0.3) is 0 Å². The first-order valence-corrected chi connectivity index (χ1v) is 8.90. The average molecular weight is 280 g/mol. The van der Waals surface area contributed by atoms with Crippen molar-refractivity contribution in [2.75, 3.05) is 6.61 Å². The van der Waals surface area contributed by atoms with Crippen molar-refractivity contribution in [2.45, 2.75) is 92.1 Å². The van der Waals surface area contributed by atoms with Gasteiger partial charge in [-0.25, -0.2) is 0 Å². The summed E-state index contributed by atoms with van der Waals surface area (Å²) in [4.78, 5) is 0. The molecule has 0 aromatic heterocycles. The van der Waals surface area contributed by atoms with E-state index in [1.54, 1.807) is 0 Å². The third kappa shape index (κ3) is 4.23. The fourth-order valence-electron chi connectivity index (χ4n) is 4.21. The van der Waals surface area contributed by atoms with Gasteiger partial charge in [0.1, 0.15) is 0 Å². The Balaban J connectivity index is 1.77. The van der Waals surface area contributed by atoms with E-state index in [0.717, 1.165) is 18.4 Å². The Hall–Kier alpha value is -0.0400. The Labute approximate surface area is 126 Å². The number of hydrogen-bond donors (Lipinski definition) is 0. The summed E-state index contributed by atoms with van der Waals surface area (Å²) in [6.45, 7) is 13.0. The standard InChI is InChI=1S/C19H36O/c1-18(2,3)16-11-12-17(13-16)20-14-19(4,5)15-9-7-6-8-10-15/h15-17H,6-14H2,1-5H3. The summed E-state index contributed by atoms with van der Waals surface area (Å²) in [6, 6.07) is 0. The van der Waals surface area contributed by atoms with Crippen molar-refractivity contribution in [3.63, 3.8) is 0 Å². The molecular weight excluding hydrogens is 244 g/mol. The van der Waals surface area contributed by atoms with E-state index in [-0.39, 0.29) is 0 Å². The number of hydrogen-bond acceptors (Lipinski definition) is 1. The van der Waals surface area contributed by atoms with Crippen molar-refractivity contribution < 1.29 is 4.74 Å². The topological polar surface area (TPSA) is 9.23 Å². The number of ether oxygens (including phenoxy) is 1. The van der Waals surface area contributed by atoms with Crippen LogP contribution in [0.1, 0.15) is 86.0 Å². The molecule has 0 spiro atoms. The molecule has 0 aromatic rings. The molecule has 2 aliphatic rings. The Morgan fingerprint density at radius 2 is 1.45 bits per heavy atom. The fourth-order valence-corrected chi connectivity index (χ4v) is 4.21. The van der Waals surface area contributed by atoms with Crippen LogP contribution in [0.2, 0.25) is 0 Å². The van der Waals surface area contributed by atoms with Gasteiger partial charge in [0, 0.05) is 0 Å². The molecule has 0 bridgehead atoms. The molecule has 0 radical (unpaired) electrons. The minimum atomic E-state index is 0.375. The summed E-state index contributed by atoms with van der Waals surface area (Å²) >= 11 is 0. The number of rotatable bonds is 4. The van der Waals surface area contributed by atoms with Crippen molar-refractivity contribution in [3.8, 4) is 0 Å². The van der Waals surface area contributed by atoms with E-state index in [9.17, 15) is 0 Å². The molecule has 0 saturated heterocycles. The summed E-state index contributed by atoms with van der Waals surface area (Å²) in [5.74, 6) is 1.74. The largest absolute Gasteiger partial charge is 0.378 e. The Morgan fingerprint density at radius 3 is 2.00 bits per heavy atom. The minimum absolute atomic E-state index is 0.375. The summed E-state index contributed by atoms with van der Waals surface area (Å²) < 4.78 is 6.35. The van der Waals surface area contributed by atoms with Crippen molar-refractivity contribution in [3.05, 3.63) is 0 Å². The highest BCUT2D eigenvalue weighted by Gasteiger charge is 2.36. The van der Waals surface area contributed by atoms with Crippen molar-refractivity contribution >= 4 is 0 Å². The lowest BCUT2D eigenvalue weighted by Gasteiger charge is -2.37. The van der Waals surface area contributed by atoms with Crippen LogP contribution in [0.15, 0.2) is 0 Å². The zero-order valence-electron chi connectivity index (χ0n) is 14.5. The van der Waals surface area contributed by atoms with Gasteiger partial charge in [0.2, 0.25) is 0 Å². The molecular formula is C19H36O. The van der Waals surface area contributed by atoms with Gasteiger partial charge < -0.3 is 4.74 Å². The first-order valence-electron chi connectivity index (χ1n) is 8.90. The van der Waals surface area contributed by atoms with Gasteiger partial charge >= 0.3 is 0 Å². The molecule has 0 heterocycles. The van der Waals surface area contributed by atoms with Crippen LogP contribution < -0.4 is 0 Å². The quantitative estimate of drug-likeness (QED) is 0.630. The van der Waals surface area contributed by atoms with Gasteiger partial charge in [-0.1, -0.05) is 53.9 Å². The zero-order valence-corrected chi connectivity index (χ0v) is 14.5. The highest BCUT2D eigenvalue weighted by molar-refractivity contribution is 4.86. The fraction of sp³-hybridized carbons (Fsp3) is 1.00. The van der Waals surface area contributed by atoms with Crippen LogP contribution in [0, 0.1) is 22.7 Å². The van der Waals surface area contributed by atoms with Crippen LogP contribution in [-0.4, -0.2) is 12.7 Å². The molecule has 2 aliphatic carbocycles. The minimum Gasteiger partial charge on any atom is -0.378 e. The van der Waals surface area contributed by atoms with Crippen molar-refractivity contribution in [1.29, 1.82) is 0 Å². The third-order valence-corrected chi connectivity index (χ3v) is 6.01. The molecule has 118 valence electrons. The molecule has 1 nitrogen and oxygen atoms in total. The second kappa shape index (κ2) is 6.38. The first kappa shape index (κ1) is 16.3. The molecule has 0 amide bonds. The van der Waals surface area contributed by atoms with Gasteiger partial charge in [0.15, 0.2) is 0 Å². The second-order valence-corrected chi connectivity index (χ2v) is 9.13. The van der Waals surface area contributed by atoms with Crippen molar-refractivity contribution in [2.24, 2.45) is 22.7 Å². The van der Waals surface area contributed by atoms with Crippen LogP contribution in [0.25, 0.3) is 0 Å². The lowest BCUT2D eigenvalue weighted by molar-refractivity contribution is -0.0268. The maximum atomic E-state index is 6.35. The van der Waals surface area contributed by atoms with Gasteiger partial charge in [-0.2, -0.15) is 0 Å². The SMILES string of the molecule is CC(C)(C)C1CCC(OCC(C)(C)C2CCCCC2)C1. The van der Waals surface area contributed by atoms with Crippen molar-refractivity contribution in [1.82, 2.24) is 0 Å². The monoisotopic (exact) mass is 280 g/mol. The van der Waals surface area contributed by atoms with Crippen LogP contribution in [0.3, 0.4) is 0 Å².